The van der Waals surface area contributed by atoms with Gasteiger partial charge in [0.1, 0.15) is 0 Å². The van der Waals surface area contributed by atoms with Gasteiger partial charge in [-0.25, -0.2) is 0 Å². The fourth-order valence-corrected chi connectivity index (χ4v) is 1.54. The third kappa shape index (κ3) is 6.06. The Balaban J connectivity index is 2.60. The second-order valence-corrected chi connectivity index (χ2v) is 5.82. The fraction of sp³-hybridized carbons (Fsp3) is 0.500. The zero-order chi connectivity index (χ0) is 15.4. The Morgan fingerprint density at radius 3 is 2.40 bits per heavy atom. The normalized spacial score (nSPS) is 12.3. The molecule has 1 aromatic carbocycles. The van der Waals surface area contributed by atoms with Crippen LogP contribution in [0.5, 0.6) is 0 Å². The topological polar surface area (TPSA) is 41.1 Å². The molecule has 0 unspecified atom stereocenters. The predicted octanol–water partition coefficient (Wildman–Crippen LogP) is 3.32. The summed E-state index contributed by atoms with van der Waals surface area (Å²) in [5.41, 5.74) is 1.08. The summed E-state index contributed by atoms with van der Waals surface area (Å²) in [6, 6.07) is 6.36. The summed E-state index contributed by atoms with van der Waals surface area (Å²) in [6.45, 7) is 7.57. The Bertz CT molecular complexity index is 464. The van der Waals surface area contributed by atoms with E-state index in [1.165, 1.54) is 12.1 Å². The lowest BCUT2D eigenvalue weighted by atomic mass is 9.97. The maximum atomic E-state index is 12.1. The minimum absolute atomic E-state index is 0.127. The van der Waals surface area contributed by atoms with E-state index in [1.807, 2.05) is 5.32 Å². The first-order valence-corrected chi connectivity index (χ1v) is 6.26. The molecular weight excluding hydrogens is 269 g/mol. The van der Waals surface area contributed by atoms with Crippen molar-refractivity contribution in [1.82, 2.24) is 5.32 Å². The van der Waals surface area contributed by atoms with Crippen molar-refractivity contribution >= 4 is 11.6 Å². The Morgan fingerprint density at radius 1 is 1.20 bits per heavy atom. The third-order valence-corrected chi connectivity index (χ3v) is 2.43. The molecule has 3 nitrogen and oxygen atoms in total. The van der Waals surface area contributed by atoms with Crippen molar-refractivity contribution in [3.05, 3.63) is 29.8 Å². The second-order valence-electron chi connectivity index (χ2n) is 5.82. The predicted molar refractivity (Wildman–Crippen MR) is 72.3 cm³/mol. The molecule has 0 heterocycles. The van der Waals surface area contributed by atoms with E-state index in [0.29, 0.717) is 6.54 Å². The van der Waals surface area contributed by atoms with Gasteiger partial charge in [-0.05, 0) is 23.1 Å². The van der Waals surface area contributed by atoms with E-state index >= 15 is 0 Å². The van der Waals surface area contributed by atoms with E-state index in [4.69, 9.17) is 0 Å². The number of carbonyl (C=O) groups is 1. The number of rotatable bonds is 4. The Kier molecular flexibility index (Phi) is 5.16. The van der Waals surface area contributed by atoms with E-state index in [1.54, 1.807) is 12.1 Å². The molecule has 112 valence electrons. The Hall–Kier alpha value is -1.56. The molecule has 20 heavy (non-hydrogen) atoms. The summed E-state index contributed by atoms with van der Waals surface area (Å²) in [5, 5.41) is 5.05. The van der Waals surface area contributed by atoms with E-state index in [2.05, 4.69) is 26.1 Å². The first-order chi connectivity index (χ1) is 9.08. The summed E-state index contributed by atoms with van der Waals surface area (Å²) < 4.78 is 36.4. The van der Waals surface area contributed by atoms with Gasteiger partial charge in [0.05, 0.1) is 0 Å². The molecule has 0 aliphatic rings. The SMILES string of the molecule is CC(C)(C)CNCc1cccc(NC(=O)C(F)(F)F)c1. The molecule has 6 heteroatoms. The van der Waals surface area contributed by atoms with Crippen LogP contribution in [-0.2, 0) is 11.3 Å². The van der Waals surface area contributed by atoms with Gasteiger partial charge in [-0.15, -0.1) is 0 Å². The van der Waals surface area contributed by atoms with Crippen molar-refractivity contribution < 1.29 is 18.0 Å². The van der Waals surface area contributed by atoms with E-state index in [0.717, 1.165) is 12.1 Å². The minimum atomic E-state index is -4.87. The number of hydrogen-bond acceptors (Lipinski definition) is 2. The maximum Gasteiger partial charge on any atom is 0.471 e. The number of anilines is 1. The summed E-state index contributed by atoms with van der Waals surface area (Å²) in [6.07, 6.45) is -4.87. The van der Waals surface area contributed by atoms with Gasteiger partial charge in [0.15, 0.2) is 0 Å². The van der Waals surface area contributed by atoms with Gasteiger partial charge in [0.2, 0.25) is 0 Å². The standard InChI is InChI=1S/C14H19F3N2O/c1-13(2,3)9-18-8-10-5-4-6-11(7-10)19-12(20)14(15,16)17/h4-7,18H,8-9H2,1-3H3,(H,19,20). The number of nitrogens with one attached hydrogen (secondary N) is 2. The highest BCUT2D eigenvalue weighted by atomic mass is 19.4. The Labute approximate surface area is 116 Å². The summed E-state index contributed by atoms with van der Waals surface area (Å²) in [5.74, 6) is -1.96. The van der Waals surface area contributed by atoms with Crippen molar-refractivity contribution in [3.8, 4) is 0 Å². The van der Waals surface area contributed by atoms with Crippen LogP contribution in [0.4, 0.5) is 18.9 Å². The number of halogens is 3. The van der Waals surface area contributed by atoms with Crippen molar-refractivity contribution in [2.75, 3.05) is 11.9 Å². The molecule has 0 saturated heterocycles. The molecule has 0 aliphatic carbocycles. The molecule has 0 aromatic heterocycles. The van der Waals surface area contributed by atoms with Crippen molar-refractivity contribution in [2.45, 2.75) is 33.5 Å². The highest BCUT2D eigenvalue weighted by molar-refractivity contribution is 5.94. The smallest absolute Gasteiger partial charge is 0.318 e. The maximum absolute atomic E-state index is 12.1. The summed E-state index contributed by atoms with van der Waals surface area (Å²) in [7, 11) is 0. The van der Waals surface area contributed by atoms with Gasteiger partial charge >= 0.3 is 12.1 Å². The van der Waals surface area contributed by atoms with Crippen LogP contribution in [0.2, 0.25) is 0 Å². The first kappa shape index (κ1) is 16.5. The average Bonchev–Trinajstić information content (AvgIpc) is 2.26. The zero-order valence-corrected chi connectivity index (χ0v) is 11.8. The highest BCUT2D eigenvalue weighted by Gasteiger charge is 2.38. The number of hydrogen-bond donors (Lipinski definition) is 2. The summed E-state index contributed by atoms with van der Waals surface area (Å²) in [4.78, 5) is 10.8. The molecule has 0 aliphatic heterocycles. The van der Waals surface area contributed by atoms with Gasteiger partial charge in [-0.1, -0.05) is 32.9 Å². The molecule has 0 fully saturated rings. The van der Waals surface area contributed by atoms with Gasteiger partial charge in [0.25, 0.3) is 0 Å². The average molecular weight is 288 g/mol. The van der Waals surface area contributed by atoms with Crippen LogP contribution in [-0.4, -0.2) is 18.6 Å². The molecule has 2 N–H and O–H groups in total. The number of benzene rings is 1. The van der Waals surface area contributed by atoms with Crippen LogP contribution in [0.15, 0.2) is 24.3 Å². The molecule has 0 atom stereocenters. The monoisotopic (exact) mass is 288 g/mol. The van der Waals surface area contributed by atoms with E-state index in [-0.39, 0.29) is 11.1 Å². The van der Waals surface area contributed by atoms with Crippen LogP contribution in [0.1, 0.15) is 26.3 Å². The summed E-state index contributed by atoms with van der Waals surface area (Å²) >= 11 is 0. The van der Waals surface area contributed by atoms with Crippen molar-refractivity contribution in [2.24, 2.45) is 5.41 Å². The number of carbonyl (C=O) groups excluding carboxylic acids is 1. The Morgan fingerprint density at radius 2 is 1.85 bits per heavy atom. The molecular formula is C14H19F3N2O. The lowest BCUT2D eigenvalue weighted by molar-refractivity contribution is -0.167. The zero-order valence-electron chi connectivity index (χ0n) is 11.8. The quantitative estimate of drug-likeness (QED) is 0.892. The molecule has 0 radical (unpaired) electrons. The number of alkyl halides is 3. The molecule has 0 saturated carbocycles. The molecule has 0 bridgehead atoms. The van der Waals surface area contributed by atoms with Crippen LogP contribution in [0.3, 0.4) is 0 Å². The number of amides is 1. The van der Waals surface area contributed by atoms with Gasteiger partial charge in [-0.3, -0.25) is 4.79 Å². The van der Waals surface area contributed by atoms with Crippen molar-refractivity contribution in [1.29, 1.82) is 0 Å². The minimum Gasteiger partial charge on any atom is -0.318 e. The van der Waals surface area contributed by atoms with Crippen LogP contribution in [0.25, 0.3) is 0 Å². The molecule has 1 amide bonds. The lowest BCUT2D eigenvalue weighted by Gasteiger charge is -2.19. The van der Waals surface area contributed by atoms with Crippen LogP contribution >= 0.6 is 0 Å². The van der Waals surface area contributed by atoms with Gasteiger partial charge in [0, 0.05) is 18.8 Å². The fourth-order valence-electron chi connectivity index (χ4n) is 1.54. The van der Waals surface area contributed by atoms with Gasteiger partial charge in [-0.2, -0.15) is 13.2 Å². The second kappa shape index (κ2) is 6.26. The van der Waals surface area contributed by atoms with Gasteiger partial charge < -0.3 is 10.6 Å². The molecule has 1 rings (SSSR count). The largest absolute Gasteiger partial charge is 0.471 e. The van der Waals surface area contributed by atoms with Crippen molar-refractivity contribution in [3.63, 3.8) is 0 Å². The van der Waals surface area contributed by atoms with Crippen LogP contribution in [0, 0.1) is 5.41 Å². The van der Waals surface area contributed by atoms with E-state index in [9.17, 15) is 18.0 Å². The van der Waals surface area contributed by atoms with E-state index < -0.39 is 12.1 Å². The lowest BCUT2D eigenvalue weighted by Crippen LogP contribution is -2.30. The molecule has 1 aromatic rings. The molecule has 0 spiro atoms. The highest BCUT2D eigenvalue weighted by Crippen LogP contribution is 2.19. The third-order valence-electron chi connectivity index (χ3n) is 2.43. The van der Waals surface area contributed by atoms with Crippen LogP contribution < -0.4 is 10.6 Å². The first-order valence-electron chi connectivity index (χ1n) is 6.26.